The van der Waals surface area contributed by atoms with Crippen LogP contribution in [0.1, 0.15) is 19.2 Å². The highest BCUT2D eigenvalue weighted by Gasteiger charge is 2.10. The first-order valence-corrected chi connectivity index (χ1v) is 9.37. The van der Waals surface area contributed by atoms with Gasteiger partial charge in [0.05, 0.1) is 10.9 Å². The van der Waals surface area contributed by atoms with Crippen molar-refractivity contribution in [1.29, 1.82) is 0 Å². The summed E-state index contributed by atoms with van der Waals surface area (Å²) in [5.41, 5.74) is 2.49. The van der Waals surface area contributed by atoms with Gasteiger partial charge >= 0.3 is 0 Å². The van der Waals surface area contributed by atoms with Gasteiger partial charge in [-0.2, -0.15) is 0 Å². The first kappa shape index (κ1) is 18.1. The van der Waals surface area contributed by atoms with Crippen molar-refractivity contribution in [3.63, 3.8) is 0 Å². The van der Waals surface area contributed by atoms with Crippen LogP contribution in [-0.2, 0) is 17.8 Å². The highest BCUT2D eigenvalue weighted by atomic mass is 32.1. The zero-order valence-electron chi connectivity index (χ0n) is 15.2. The minimum Gasteiger partial charge on any atom is -0.441 e. The Hall–Kier alpha value is -3.26. The fraction of sp³-hybridized carbons (Fsp3) is 0.200. The van der Waals surface area contributed by atoms with Crippen molar-refractivity contribution in [2.24, 2.45) is 0 Å². The number of rotatable bonds is 5. The number of carbonyl (C=O) groups excluding carboxylic acids is 1. The van der Waals surface area contributed by atoms with E-state index in [2.05, 4.69) is 15.3 Å². The van der Waals surface area contributed by atoms with E-state index >= 15 is 0 Å². The normalized spacial score (nSPS) is 11.2. The number of anilines is 1. The molecule has 0 atom stereocenters. The fourth-order valence-electron chi connectivity index (χ4n) is 3.04. The van der Waals surface area contributed by atoms with E-state index in [0.29, 0.717) is 44.8 Å². The molecule has 0 radical (unpaired) electrons. The molecule has 2 aromatic carbocycles. The third-order valence-corrected chi connectivity index (χ3v) is 4.79. The maximum absolute atomic E-state index is 12.6. The summed E-state index contributed by atoms with van der Waals surface area (Å²) in [5.74, 6) is 0.441. The molecule has 0 aliphatic heterocycles. The van der Waals surface area contributed by atoms with Gasteiger partial charge in [0.25, 0.3) is 5.56 Å². The van der Waals surface area contributed by atoms with E-state index in [4.69, 9.17) is 16.6 Å². The number of nitrogens with one attached hydrogen (secondary N) is 2. The summed E-state index contributed by atoms with van der Waals surface area (Å²) in [5, 5.41) is 3.37. The predicted molar refractivity (Wildman–Crippen MR) is 110 cm³/mol. The van der Waals surface area contributed by atoms with E-state index in [-0.39, 0.29) is 24.4 Å². The largest absolute Gasteiger partial charge is 0.441 e. The number of H-pyrrole nitrogens is 1. The average molecular weight is 394 g/mol. The van der Waals surface area contributed by atoms with Crippen LogP contribution in [0.3, 0.4) is 0 Å². The predicted octanol–water partition coefficient (Wildman–Crippen LogP) is 3.79. The zero-order valence-corrected chi connectivity index (χ0v) is 16.0. The Morgan fingerprint density at radius 3 is 2.93 bits per heavy atom. The highest BCUT2D eigenvalue weighted by molar-refractivity contribution is 7.71. The summed E-state index contributed by atoms with van der Waals surface area (Å²) < 4.78 is 7.27. The quantitative estimate of drug-likeness (QED) is 0.502. The summed E-state index contributed by atoms with van der Waals surface area (Å²) in [6.45, 7) is 2.16. The molecule has 0 bridgehead atoms. The monoisotopic (exact) mass is 394 g/mol. The van der Waals surface area contributed by atoms with E-state index in [1.165, 1.54) is 4.57 Å². The van der Waals surface area contributed by atoms with Crippen LogP contribution in [0.25, 0.3) is 22.0 Å². The molecule has 0 fully saturated rings. The van der Waals surface area contributed by atoms with E-state index in [0.717, 1.165) is 0 Å². The van der Waals surface area contributed by atoms with Gasteiger partial charge in [-0.15, -0.1) is 0 Å². The first-order valence-electron chi connectivity index (χ1n) is 8.96. The summed E-state index contributed by atoms with van der Waals surface area (Å²) in [4.78, 5) is 32.4. The number of amides is 1. The molecule has 0 aliphatic rings. The zero-order chi connectivity index (χ0) is 19.7. The molecule has 7 nitrogen and oxygen atoms in total. The second kappa shape index (κ2) is 7.40. The van der Waals surface area contributed by atoms with Crippen LogP contribution in [0.5, 0.6) is 0 Å². The van der Waals surface area contributed by atoms with Gasteiger partial charge in [-0.3, -0.25) is 14.2 Å². The Labute approximate surface area is 165 Å². The number of aromatic nitrogens is 3. The smallest absolute Gasteiger partial charge is 0.262 e. The van der Waals surface area contributed by atoms with Crippen molar-refractivity contribution in [2.45, 2.75) is 26.3 Å². The van der Waals surface area contributed by atoms with Crippen molar-refractivity contribution in [2.75, 3.05) is 5.32 Å². The number of oxazole rings is 1. The molecule has 8 heteroatoms. The number of hydrogen-bond acceptors (Lipinski definition) is 5. The Kier molecular flexibility index (Phi) is 4.79. The SMILES string of the molecule is CCc1nc2cc(NC(=O)CCn3c(=S)[nH]c4ccccc4c3=O)ccc2o1. The van der Waals surface area contributed by atoms with Crippen LogP contribution in [0.4, 0.5) is 5.69 Å². The molecule has 0 aliphatic carbocycles. The number of aryl methyl sites for hydroxylation is 1. The number of hydrogen-bond donors (Lipinski definition) is 2. The van der Waals surface area contributed by atoms with Gasteiger partial charge in [-0.25, -0.2) is 4.98 Å². The molecule has 1 amide bonds. The second-order valence-corrected chi connectivity index (χ2v) is 6.76. The Balaban J connectivity index is 1.50. The molecule has 0 saturated heterocycles. The van der Waals surface area contributed by atoms with Crippen molar-refractivity contribution < 1.29 is 9.21 Å². The molecule has 2 N–H and O–H groups in total. The van der Waals surface area contributed by atoms with Crippen LogP contribution >= 0.6 is 12.2 Å². The lowest BCUT2D eigenvalue weighted by molar-refractivity contribution is -0.116. The first-order chi connectivity index (χ1) is 13.5. The van der Waals surface area contributed by atoms with E-state index < -0.39 is 0 Å². The molecular weight excluding hydrogens is 376 g/mol. The highest BCUT2D eigenvalue weighted by Crippen LogP contribution is 2.20. The van der Waals surface area contributed by atoms with E-state index in [1.54, 1.807) is 36.4 Å². The van der Waals surface area contributed by atoms with Gasteiger partial charge in [0.2, 0.25) is 5.91 Å². The lowest BCUT2D eigenvalue weighted by Gasteiger charge is -2.09. The van der Waals surface area contributed by atoms with Crippen LogP contribution < -0.4 is 10.9 Å². The minimum atomic E-state index is -0.215. The van der Waals surface area contributed by atoms with E-state index in [1.807, 2.05) is 13.0 Å². The van der Waals surface area contributed by atoms with Crippen molar-refractivity contribution in [3.8, 4) is 0 Å². The van der Waals surface area contributed by atoms with Crippen LogP contribution in [0, 0.1) is 4.77 Å². The topological polar surface area (TPSA) is 92.9 Å². The van der Waals surface area contributed by atoms with Crippen molar-refractivity contribution >= 4 is 45.8 Å². The molecule has 0 unspecified atom stereocenters. The third-order valence-electron chi connectivity index (χ3n) is 4.47. The van der Waals surface area contributed by atoms with E-state index in [9.17, 15) is 9.59 Å². The minimum absolute atomic E-state index is 0.118. The Morgan fingerprint density at radius 1 is 1.29 bits per heavy atom. The molecule has 4 aromatic rings. The van der Waals surface area contributed by atoms with Crippen LogP contribution in [-0.4, -0.2) is 20.4 Å². The van der Waals surface area contributed by atoms with Gasteiger partial charge in [0.1, 0.15) is 5.52 Å². The standard InChI is InChI=1S/C20H18N4O3S/c1-2-18-22-15-11-12(7-8-16(15)27-18)21-17(25)9-10-24-19(26)13-5-3-4-6-14(13)23-20(24)28/h3-8,11H,2,9-10H2,1H3,(H,21,25)(H,23,28). The average Bonchev–Trinajstić information content (AvgIpc) is 3.10. The van der Waals surface area contributed by atoms with Gasteiger partial charge < -0.3 is 14.7 Å². The lowest BCUT2D eigenvalue weighted by Crippen LogP contribution is -2.25. The number of nitrogens with zero attached hydrogens (tertiary/aromatic N) is 2. The molecule has 2 aromatic heterocycles. The molecule has 0 saturated carbocycles. The molecule has 2 heterocycles. The third kappa shape index (κ3) is 3.46. The number of para-hydroxylation sites is 1. The van der Waals surface area contributed by atoms with Gasteiger partial charge in [-0.1, -0.05) is 19.1 Å². The number of carbonyl (C=O) groups is 1. The van der Waals surface area contributed by atoms with Crippen LogP contribution in [0.15, 0.2) is 51.7 Å². The van der Waals surface area contributed by atoms with Crippen LogP contribution in [0.2, 0.25) is 0 Å². The molecule has 0 spiro atoms. The summed E-state index contributed by atoms with van der Waals surface area (Å²) in [6, 6.07) is 12.5. The Morgan fingerprint density at radius 2 is 2.11 bits per heavy atom. The summed E-state index contributed by atoms with van der Waals surface area (Å²) >= 11 is 5.27. The van der Waals surface area contributed by atoms with Gasteiger partial charge in [0.15, 0.2) is 16.2 Å². The lowest BCUT2D eigenvalue weighted by atomic mass is 10.2. The molecular formula is C20H18N4O3S. The number of fused-ring (bicyclic) bond motifs is 2. The van der Waals surface area contributed by atoms with Crippen molar-refractivity contribution in [3.05, 3.63) is 63.5 Å². The van der Waals surface area contributed by atoms with Gasteiger partial charge in [-0.05, 0) is 42.5 Å². The molecule has 142 valence electrons. The number of benzene rings is 2. The molecule has 28 heavy (non-hydrogen) atoms. The molecule has 4 rings (SSSR count). The Bertz CT molecular complexity index is 1300. The maximum Gasteiger partial charge on any atom is 0.262 e. The summed E-state index contributed by atoms with van der Waals surface area (Å²) in [7, 11) is 0. The number of aromatic amines is 1. The van der Waals surface area contributed by atoms with Gasteiger partial charge in [0, 0.05) is 25.1 Å². The van der Waals surface area contributed by atoms with Crippen molar-refractivity contribution in [1.82, 2.24) is 14.5 Å². The maximum atomic E-state index is 12.6. The second-order valence-electron chi connectivity index (χ2n) is 6.37. The fourth-order valence-corrected chi connectivity index (χ4v) is 3.33. The summed E-state index contributed by atoms with van der Waals surface area (Å²) in [6.07, 6.45) is 0.824.